The van der Waals surface area contributed by atoms with Crippen molar-refractivity contribution in [1.29, 1.82) is 0 Å². The van der Waals surface area contributed by atoms with Crippen LogP contribution in [0.3, 0.4) is 0 Å². The first-order valence-corrected chi connectivity index (χ1v) is 11.8. The lowest BCUT2D eigenvalue weighted by atomic mass is 9.53. The number of thioether (sulfide) groups is 1. The molecule has 0 heterocycles. The summed E-state index contributed by atoms with van der Waals surface area (Å²) in [6.07, 6.45) is 7.66. The Morgan fingerprint density at radius 2 is 1.61 bits per heavy atom. The van der Waals surface area contributed by atoms with Crippen molar-refractivity contribution in [2.45, 2.75) is 62.8 Å². The number of hydrogen-bond acceptors (Lipinski definition) is 3. The van der Waals surface area contributed by atoms with Gasteiger partial charge < -0.3 is 10.2 Å². The van der Waals surface area contributed by atoms with Gasteiger partial charge in [-0.25, -0.2) is 0 Å². The quantitative estimate of drug-likeness (QED) is 0.693. The molecule has 0 aliphatic heterocycles. The van der Waals surface area contributed by atoms with Crippen LogP contribution in [0.4, 0.5) is 0 Å². The number of amides is 2. The Balaban J connectivity index is 1.39. The zero-order valence-corrected chi connectivity index (χ0v) is 17.9. The lowest BCUT2D eigenvalue weighted by Gasteiger charge is -2.56. The topological polar surface area (TPSA) is 49.4 Å². The molecule has 4 nitrogen and oxygen atoms in total. The minimum Gasteiger partial charge on any atom is -0.350 e. The number of hydrogen-bond donors (Lipinski definition) is 1. The van der Waals surface area contributed by atoms with Crippen molar-refractivity contribution in [3.05, 3.63) is 29.8 Å². The second kappa shape index (κ2) is 8.10. The molecule has 5 rings (SSSR count). The Kier molecular flexibility index (Phi) is 5.73. The molecule has 1 aromatic carbocycles. The van der Waals surface area contributed by atoms with Gasteiger partial charge in [-0.3, -0.25) is 9.59 Å². The van der Waals surface area contributed by atoms with Gasteiger partial charge >= 0.3 is 0 Å². The van der Waals surface area contributed by atoms with E-state index in [9.17, 15) is 9.59 Å². The van der Waals surface area contributed by atoms with Gasteiger partial charge in [-0.05, 0) is 82.3 Å². The van der Waals surface area contributed by atoms with E-state index in [0.29, 0.717) is 24.4 Å². The predicted octanol–water partition coefficient (Wildman–Crippen LogP) is 4.35. The Morgan fingerprint density at radius 3 is 2.18 bits per heavy atom. The smallest absolute Gasteiger partial charge is 0.254 e. The van der Waals surface area contributed by atoms with Crippen LogP contribution in [-0.4, -0.2) is 41.1 Å². The molecule has 4 saturated carbocycles. The van der Waals surface area contributed by atoms with Gasteiger partial charge in [0.15, 0.2) is 0 Å². The molecule has 0 unspecified atom stereocenters. The first-order valence-electron chi connectivity index (χ1n) is 10.8. The number of carbonyl (C=O) groups excluding carboxylic acids is 2. The van der Waals surface area contributed by atoms with Crippen LogP contribution in [0.1, 0.15) is 62.7 Å². The first kappa shape index (κ1) is 19.8. The predicted molar refractivity (Wildman–Crippen MR) is 113 cm³/mol. The van der Waals surface area contributed by atoms with E-state index in [1.54, 1.807) is 0 Å². The molecule has 5 heteroatoms. The van der Waals surface area contributed by atoms with Gasteiger partial charge in [-0.15, -0.1) is 11.8 Å². The average molecular weight is 401 g/mol. The molecule has 152 valence electrons. The molecule has 0 radical (unpaired) electrons. The molecule has 4 fully saturated rings. The van der Waals surface area contributed by atoms with Gasteiger partial charge in [-0.2, -0.15) is 0 Å². The molecule has 4 aliphatic rings. The van der Waals surface area contributed by atoms with Crippen LogP contribution in [-0.2, 0) is 4.79 Å². The number of carbonyl (C=O) groups is 2. The van der Waals surface area contributed by atoms with Gasteiger partial charge in [0.05, 0.1) is 11.3 Å². The molecule has 0 aromatic heterocycles. The third-order valence-corrected chi connectivity index (χ3v) is 8.04. The third kappa shape index (κ3) is 3.96. The van der Waals surface area contributed by atoms with Crippen LogP contribution in [0.5, 0.6) is 0 Å². The van der Waals surface area contributed by atoms with Crippen LogP contribution >= 0.6 is 11.8 Å². The fraction of sp³-hybridized carbons (Fsp3) is 0.652. The summed E-state index contributed by atoms with van der Waals surface area (Å²) in [4.78, 5) is 28.3. The molecular weight excluding hydrogens is 368 g/mol. The highest BCUT2D eigenvalue weighted by Crippen LogP contribution is 2.55. The Hall–Kier alpha value is -1.49. The minimum absolute atomic E-state index is 0.0505. The molecule has 4 aliphatic carbocycles. The molecule has 28 heavy (non-hydrogen) atoms. The summed E-state index contributed by atoms with van der Waals surface area (Å²) in [5.74, 6) is 3.03. The van der Waals surface area contributed by atoms with Crippen LogP contribution in [0.25, 0.3) is 0 Å². The van der Waals surface area contributed by atoms with Crippen LogP contribution in [0.2, 0.25) is 0 Å². The molecule has 1 N–H and O–H groups in total. The van der Waals surface area contributed by atoms with E-state index in [-0.39, 0.29) is 17.4 Å². The third-order valence-electron chi connectivity index (χ3n) is 6.97. The standard InChI is InChI=1S/C23H32N2O2S/c1-3-25(4-2)22(27)19-7-5-6-8-20(19)28-15-21(26)24-23-12-16-9-17(13-23)11-18(10-16)14-23/h5-8,16-18H,3-4,9-15H2,1-2H3,(H,24,26). The maximum atomic E-state index is 12.8. The zero-order chi connectivity index (χ0) is 19.7. The Bertz CT molecular complexity index is 709. The van der Waals surface area contributed by atoms with E-state index < -0.39 is 0 Å². The zero-order valence-electron chi connectivity index (χ0n) is 17.1. The number of rotatable bonds is 7. The van der Waals surface area contributed by atoms with E-state index in [2.05, 4.69) is 5.32 Å². The summed E-state index contributed by atoms with van der Waals surface area (Å²) in [5.41, 5.74) is 0.766. The maximum Gasteiger partial charge on any atom is 0.254 e. The monoisotopic (exact) mass is 400 g/mol. The summed E-state index contributed by atoms with van der Waals surface area (Å²) in [5, 5.41) is 3.43. The van der Waals surface area contributed by atoms with Crippen molar-refractivity contribution in [2.75, 3.05) is 18.8 Å². The van der Waals surface area contributed by atoms with E-state index in [1.807, 2.05) is 43.0 Å². The van der Waals surface area contributed by atoms with Gasteiger partial charge in [0.1, 0.15) is 0 Å². The summed E-state index contributed by atoms with van der Waals surface area (Å²) in [7, 11) is 0. The maximum absolute atomic E-state index is 12.8. The van der Waals surface area contributed by atoms with Crippen LogP contribution < -0.4 is 5.32 Å². The molecule has 1 aromatic rings. The fourth-order valence-corrected chi connectivity index (χ4v) is 7.03. The Labute approximate surface area is 172 Å². The summed E-state index contributed by atoms with van der Waals surface area (Å²) >= 11 is 1.49. The Morgan fingerprint density at radius 1 is 1.04 bits per heavy atom. The van der Waals surface area contributed by atoms with Crippen molar-refractivity contribution < 1.29 is 9.59 Å². The van der Waals surface area contributed by atoms with Crippen molar-refractivity contribution in [3.63, 3.8) is 0 Å². The largest absolute Gasteiger partial charge is 0.350 e. The molecule has 0 atom stereocenters. The highest BCUT2D eigenvalue weighted by molar-refractivity contribution is 8.00. The van der Waals surface area contributed by atoms with Crippen molar-refractivity contribution in [2.24, 2.45) is 17.8 Å². The number of nitrogens with one attached hydrogen (secondary N) is 1. The van der Waals surface area contributed by atoms with Gasteiger partial charge in [0, 0.05) is 23.5 Å². The molecule has 0 spiro atoms. The van der Waals surface area contributed by atoms with Crippen LogP contribution in [0.15, 0.2) is 29.2 Å². The summed E-state index contributed by atoms with van der Waals surface area (Å²) in [6, 6.07) is 7.67. The second-order valence-corrected chi connectivity index (χ2v) is 10.0. The van der Waals surface area contributed by atoms with Gasteiger partial charge in [-0.1, -0.05) is 12.1 Å². The second-order valence-electron chi connectivity index (χ2n) is 9.01. The van der Waals surface area contributed by atoms with Crippen molar-refractivity contribution >= 4 is 23.6 Å². The van der Waals surface area contributed by atoms with Gasteiger partial charge in [0.2, 0.25) is 5.91 Å². The number of nitrogens with zero attached hydrogens (tertiary/aromatic N) is 1. The number of benzene rings is 1. The lowest BCUT2D eigenvalue weighted by Crippen LogP contribution is -2.60. The van der Waals surface area contributed by atoms with Crippen molar-refractivity contribution in [1.82, 2.24) is 10.2 Å². The van der Waals surface area contributed by atoms with E-state index in [1.165, 1.54) is 50.3 Å². The highest BCUT2D eigenvalue weighted by Gasteiger charge is 2.51. The van der Waals surface area contributed by atoms with Crippen molar-refractivity contribution in [3.8, 4) is 0 Å². The minimum atomic E-state index is 0.0505. The normalized spacial score (nSPS) is 30.3. The molecule has 2 amide bonds. The summed E-state index contributed by atoms with van der Waals surface area (Å²) in [6.45, 7) is 5.38. The highest BCUT2D eigenvalue weighted by atomic mass is 32.2. The molecule has 4 bridgehead atoms. The first-order chi connectivity index (χ1) is 13.5. The average Bonchev–Trinajstić information content (AvgIpc) is 2.66. The SMILES string of the molecule is CCN(CC)C(=O)c1ccccc1SCC(=O)NC12CC3CC(CC(C3)C1)C2. The molecule has 0 saturated heterocycles. The summed E-state index contributed by atoms with van der Waals surface area (Å²) < 4.78 is 0. The van der Waals surface area contributed by atoms with E-state index in [4.69, 9.17) is 0 Å². The fourth-order valence-electron chi connectivity index (χ4n) is 6.19. The lowest BCUT2D eigenvalue weighted by molar-refractivity contribution is -0.124. The van der Waals surface area contributed by atoms with E-state index >= 15 is 0 Å². The van der Waals surface area contributed by atoms with E-state index in [0.717, 1.165) is 22.6 Å². The van der Waals surface area contributed by atoms with Crippen LogP contribution in [0, 0.1) is 17.8 Å². The van der Waals surface area contributed by atoms with Gasteiger partial charge in [0.25, 0.3) is 5.91 Å². The molecular formula is C23H32N2O2S.